The fourth-order valence-electron chi connectivity index (χ4n) is 3.58. The molecule has 0 aliphatic carbocycles. The minimum absolute atomic E-state index is 0.187. The van der Waals surface area contributed by atoms with Crippen molar-refractivity contribution in [3.8, 4) is 0 Å². The Bertz CT molecular complexity index is 1150. The topological polar surface area (TPSA) is 69.7 Å². The normalized spacial score (nSPS) is 13.7. The fraction of sp³-hybridized carbons (Fsp3) is 0.125. The molecule has 1 aliphatic rings. The van der Waals surface area contributed by atoms with Gasteiger partial charge in [0.25, 0.3) is 11.8 Å². The van der Waals surface area contributed by atoms with Gasteiger partial charge in [-0.05, 0) is 41.3 Å². The van der Waals surface area contributed by atoms with Crippen LogP contribution in [0.15, 0.2) is 77.8 Å². The lowest BCUT2D eigenvalue weighted by Crippen LogP contribution is -2.34. The van der Waals surface area contributed by atoms with Crippen molar-refractivity contribution in [2.24, 2.45) is 0 Å². The highest BCUT2D eigenvalue weighted by molar-refractivity contribution is 7.11. The molecule has 0 saturated heterocycles. The number of nitrogens with zero attached hydrogens (tertiary/aromatic N) is 2. The fourth-order valence-corrected chi connectivity index (χ4v) is 4.35. The molecule has 0 spiro atoms. The number of likely N-dealkylation sites (N-methyl/N-ethyl adjacent to an activating group) is 1. The zero-order valence-corrected chi connectivity index (χ0v) is 18.0. The zero-order chi connectivity index (χ0) is 22.0. The van der Waals surface area contributed by atoms with Crippen LogP contribution in [0.5, 0.6) is 0 Å². The van der Waals surface area contributed by atoms with E-state index < -0.39 is 0 Å². The van der Waals surface area contributed by atoms with E-state index in [1.165, 1.54) is 23.2 Å². The van der Waals surface area contributed by atoms with Gasteiger partial charge in [-0.25, -0.2) is 4.90 Å². The molecule has 4 rings (SSSR count). The molecule has 1 aliphatic heterocycles. The molecule has 0 unspecified atom stereocenters. The average molecular weight is 432 g/mol. The summed E-state index contributed by atoms with van der Waals surface area (Å²) < 4.78 is 0. The summed E-state index contributed by atoms with van der Waals surface area (Å²) in [4.78, 5) is 41.9. The molecular weight excluding hydrogens is 410 g/mol. The lowest BCUT2D eigenvalue weighted by Gasteiger charge is -2.21. The van der Waals surface area contributed by atoms with E-state index >= 15 is 0 Å². The summed E-state index contributed by atoms with van der Waals surface area (Å²) in [6, 6.07) is 20.2. The van der Waals surface area contributed by atoms with Gasteiger partial charge < -0.3 is 10.2 Å². The third kappa shape index (κ3) is 4.13. The second kappa shape index (κ2) is 8.57. The maximum atomic E-state index is 13.5. The van der Waals surface area contributed by atoms with E-state index in [0.717, 1.165) is 10.4 Å². The Hall–Kier alpha value is -3.71. The second-order valence-corrected chi connectivity index (χ2v) is 8.16. The first-order chi connectivity index (χ1) is 15.0. The number of carbonyl (C=O) groups is 3. The van der Waals surface area contributed by atoms with Crippen molar-refractivity contribution in [1.82, 2.24) is 4.90 Å². The lowest BCUT2D eigenvalue weighted by atomic mass is 10.1. The van der Waals surface area contributed by atoms with Gasteiger partial charge >= 0.3 is 0 Å². The third-order valence-electron chi connectivity index (χ3n) is 4.92. The highest BCUT2D eigenvalue weighted by Gasteiger charge is 2.42. The first-order valence-electron chi connectivity index (χ1n) is 9.75. The zero-order valence-electron chi connectivity index (χ0n) is 17.2. The first kappa shape index (κ1) is 20.6. The number of benzene rings is 2. The van der Waals surface area contributed by atoms with E-state index in [9.17, 15) is 14.4 Å². The SMILES string of the molecule is CC(=O)Nc1ccc(N2C(=O)C(c3cccs3)=C(N(C)Cc3ccccc3)C2=O)cc1. The maximum Gasteiger partial charge on any atom is 0.282 e. The minimum atomic E-state index is -0.362. The van der Waals surface area contributed by atoms with Crippen molar-refractivity contribution in [1.29, 1.82) is 0 Å². The van der Waals surface area contributed by atoms with Crippen LogP contribution in [0.2, 0.25) is 0 Å². The largest absolute Gasteiger partial charge is 0.365 e. The Labute approximate surface area is 184 Å². The Balaban J connectivity index is 1.70. The van der Waals surface area contributed by atoms with Crippen LogP contribution in [0.25, 0.3) is 5.57 Å². The number of nitrogens with one attached hydrogen (secondary N) is 1. The molecular formula is C24H21N3O3S. The summed E-state index contributed by atoms with van der Waals surface area (Å²) in [5.41, 5.74) is 2.89. The van der Waals surface area contributed by atoms with Gasteiger partial charge in [-0.15, -0.1) is 11.3 Å². The molecule has 3 amide bonds. The van der Waals surface area contributed by atoms with Gasteiger partial charge in [0, 0.05) is 31.1 Å². The molecule has 0 saturated carbocycles. The smallest absolute Gasteiger partial charge is 0.282 e. The molecule has 2 aromatic carbocycles. The van der Waals surface area contributed by atoms with E-state index in [4.69, 9.17) is 0 Å². The summed E-state index contributed by atoms with van der Waals surface area (Å²) in [6.07, 6.45) is 0. The number of hydrogen-bond acceptors (Lipinski definition) is 5. The van der Waals surface area contributed by atoms with Crippen LogP contribution >= 0.6 is 11.3 Å². The van der Waals surface area contributed by atoms with Crippen LogP contribution < -0.4 is 10.2 Å². The summed E-state index contributed by atoms with van der Waals surface area (Å²) in [5, 5.41) is 4.57. The predicted molar refractivity (Wildman–Crippen MR) is 122 cm³/mol. The number of anilines is 2. The highest BCUT2D eigenvalue weighted by atomic mass is 32.1. The van der Waals surface area contributed by atoms with Gasteiger partial charge in [0.05, 0.1) is 11.3 Å². The maximum absolute atomic E-state index is 13.5. The Morgan fingerprint density at radius 1 is 0.968 bits per heavy atom. The highest BCUT2D eigenvalue weighted by Crippen LogP contribution is 2.36. The minimum Gasteiger partial charge on any atom is -0.365 e. The van der Waals surface area contributed by atoms with Gasteiger partial charge in [0.1, 0.15) is 5.70 Å². The van der Waals surface area contributed by atoms with Gasteiger partial charge in [-0.2, -0.15) is 0 Å². The number of rotatable bonds is 6. The van der Waals surface area contributed by atoms with Crippen LogP contribution in [-0.4, -0.2) is 29.7 Å². The Morgan fingerprint density at radius 3 is 2.29 bits per heavy atom. The van der Waals surface area contributed by atoms with E-state index in [0.29, 0.717) is 29.2 Å². The van der Waals surface area contributed by atoms with Crippen LogP contribution in [-0.2, 0) is 20.9 Å². The van der Waals surface area contributed by atoms with Crippen molar-refractivity contribution in [2.45, 2.75) is 13.5 Å². The Kier molecular flexibility index (Phi) is 5.68. The molecule has 2 heterocycles. The van der Waals surface area contributed by atoms with Gasteiger partial charge in [-0.1, -0.05) is 36.4 Å². The number of hydrogen-bond donors (Lipinski definition) is 1. The molecule has 0 bridgehead atoms. The molecule has 0 radical (unpaired) electrons. The van der Waals surface area contributed by atoms with Crippen LogP contribution in [0.3, 0.4) is 0 Å². The molecule has 0 fully saturated rings. The molecule has 0 atom stereocenters. The van der Waals surface area contributed by atoms with Crippen LogP contribution in [0, 0.1) is 0 Å². The van der Waals surface area contributed by atoms with Crippen LogP contribution in [0.4, 0.5) is 11.4 Å². The molecule has 1 aromatic heterocycles. The third-order valence-corrected chi connectivity index (χ3v) is 5.80. The van der Waals surface area contributed by atoms with Gasteiger partial charge in [0.15, 0.2) is 0 Å². The van der Waals surface area contributed by atoms with Crippen molar-refractivity contribution < 1.29 is 14.4 Å². The quantitative estimate of drug-likeness (QED) is 0.596. The summed E-state index contributed by atoms with van der Waals surface area (Å²) >= 11 is 1.43. The standard InChI is InChI=1S/C24H21N3O3S/c1-16(28)25-18-10-12-19(13-11-18)27-23(29)21(20-9-6-14-31-20)22(24(27)30)26(2)15-17-7-4-3-5-8-17/h3-14H,15H2,1-2H3,(H,25,28). The average Bonchev–Trinajstić information content (AvgIpc) is 3.35. The lowest BCUT2D eigenvalue weighted by molar-refractivity contribution is -0.120. The molecule has 156 valence electrons. The number of imide groups is 1. The number of thiophene rings is 1. The van der Waals surface area contributed by atoms with Crippen LogP contribution in [0.1, 0.15) is 17.4 Å². The van der Waals surface area contributed by atoms with E-state index in [1.54, 1.807) is 24.3 Å². The molecule has 3 aromatic rings. The van der Waals surface area contributed by atoms with Crippen molar-refractivity contribution in [3.63, 3.8) is 0 Å². The van der Waals surface area contributed by atoms with Gasteiger partial charge in [0.2, 0.25) is 5.91 Å². The molecule has 1 N–H and O–H groups in total. The second-order valence-electron chi connectivity index (χ2n) is 7.22. The van der Waals surface area contributed by atoms with E-state index in [-0.39, 0.29) is 17.7 Å². The first-order valence-corrected chi connectivity index (χ1v) is 10.6. The molecule has 31 heavy (non-hydrogen) atoms. The number of amides is 3. The Morgan fingerprint density at radius 2 is 1.68 bits per heavy atom. The van der Waals surface area contributed by atoms with Crippen molar-refractivity contribution in [2.75, 3.05) is 17.3 Å². The van der Waals surface area contributed by atoms with E-state index in [2.05, 4.69) is 5.32 Å². The summed E-state index contributed by atoms with van der Waals surface area (Å²) in [6.45, 7) is 1.92. The molecule has 7 heteroatoms. The molecule has 6 nitrogen and oxygen atoms in total. The van der Waals surface area contributed by atoms with Crippen molar-refractivity contribution in [3.05, 3.63) is 88.2 Å². The monoisotopic (exact) mass is 431 g/mol. The summed E-state index contributed by atoms with van der Waals surface area (Å²) in [7, 11) is 1.82. The summed E-state index contributed by atoms with van der Waals surface area (Å²) in [5.74, 6) is -0.902. The van der Waals surface area contributed by atoms with Gasteiger partial charge in [-0.3, -0.25) is 14.4 Å². The van der Waals surface area contributed by atoms with Crippen molar-refractivity contribution >= 4 is 46.0 Å². The van der Waals surface area contributed by atoms with E-state index in [1.807, 2.05) is 59.8 Å². The predicted octanol–water partition coefficient (Wildman–Crippen LogP) is 4.12. The number of carbonyl (C=O) groups excluding carboxylic acids is 3.